The van der Waals surface area contributed by atoms with Crippen molar-refractivity contribution in [1.82, 2.24) is 10.3 Å². The van der Waals surface area contributed by atoms with Crippen LogP contribution in [-0.2, 0) is 32.8 Å². The van der Waals surface area contributed by atoms with E-state index in [0.717, 1.165) is 44.2 Å². The SMILES string of the molecule is O=C(Cc1cccc2ccccc12)N/N=C\C12c3ccccc3C(c3ccccc31)[C@@H]1C(=O)N(Cc3ccccc3)C(=O)[C@H]12. The van der Waals surface area contributed by atoms with Gasteiger partial charge in [0.1, 0.15) is 0 Å². The predicted octanol–water partition coefficient (Wildman–Crippen LogP) is 5.73. The number of amides is 3. The number of likely N-dealkylation sites (tertiary alicyclic amines) is 1. The molecule has 0 spiro atoms. The van der Waals surface area contributed by atoms with Gasteiger partial charge in [-0.25, -0.2) is 5.43 Å². The third kappa shape index (κ3) is 3.80. The smallest absolute Gasteiger partial charge is 0.244 e. The average Bonchev–Trinajstić information content (AvgIpc) is 3.31. The second kappa shape index (κ2) is 10.1. The summed E-state index contributed by atoms with van der Waals surface area (Å²) in [6.45, 7) is 0.222. The minimum atomic E-state index is -1.02. The highest BCUT2D eigenvalue weighted by molar-refractivity contribution is 6.11. The molecule has 5 aromatic carbocycles. The van der Waals surface area contributed by atoms with Crippen molar-refractivity contribution < 1.29 is 14.4 Å². The lowest BCUT2D eigenvalue weighted by Crippen LogP contribution is -2.54. The second-order valence-corrected chi connectivity index (χ2v) is 11.9. The third-order valence-corrected chi connectivity index (χ3v) is 9.65. The van der Waals surface area contributed by atoms with E-state index in [0.29, 0.717) is 0 Å². The summed E-state index contributed by atoms with van der Waals surface area (Å²) in [4.78, 5) is 43.2. The van der Waals surface area contributed by atoms with Crippen molar-refractivity contribution in [3.8, 4) is 0 Å². The fraction of sp³-hybridized carbons (Fsp3) is 0.158. The van der Waals surface area contributed by atoms with Crippen LogP contribution in [0.15, 0.2) is 126 Å². The molecule has 4 aliphatic rings. The monoisotopic (exact) mass is 575 g/mol. The molecule has 0 unspecified atom stereocenters. The Kier molecular flexibility index (Phi) is 6.05. The normalized spacial score (nSPS) is 23.1. The van der Waals surface area contributed by atoms with Crippen LogP contribution in [0.25, 0.3) is 10.8 Å². The van der Waals surface area contributed by atoms with Crippen LogP contribution in [0.4, 0.5) is 0 Å². The molecule has 1 aliphatic heterocycles. The van der Waals surface area contributed by atoms with Crippen molar-refractivity contribution in [3.63, 3.8) is 0 Å². The summed E-state index contributed by atoms with van der Waals surface area (Å²) in [6, 6.07) is 39.6. The van der Waals surface area contributed by atoms with Crippen LogP contribution >= 0.6 is 0 Å². The first-order chi connectivity index (χ1) is 21.6. The van der Waals surface area contributed by atoms with Gasteiger partial charge in [0.25, 0.3) is 0 Å². The Morgan fingerprint density at radius 2 is 1.39 bits per heavy atom. The summed E-state index contributed by atoms with van der Waals surface area (Å²) < 4.78 is 0. The molecule has 1 N–H and O–H groups in total. The average molecular weight is 576 g/mol. The quantitative estimate of drug-likeness (QED) is 0.160. The number of hydrazone groups is 1. The summed E-state index contributed by atoms with van der Waals surface area (Å²) in [7, 11) is 0. The first-order valence-corrected chi connectivity index (χ1v) is 15.0. The molecule has 0 saturated carbocycles. The van der Waals surface area contributed by atoms with Crippen molar-refractivity contribution in [2.75, 3.05) is 0 Å². The van der Waals surface area contributed by atoms with E-state index in [1.54, 1.807) is 6.21 Å². The number of fused-ring (bicyclic) bond motifs is 1. The van der Waals surface area contributed by atoms with E-state index >= 15 is 0 Å². The van der Waals surface area contributed by atoms with E-state index in [1.807, 2.05) is 109 Å². The molecule has 5 aromatic rings. The topological polar surface area (TPSA) is 78.8 Å². The van der Waals surface area contributed by atoms with Crippen LogP contribution in [0.5, 0.6) is 0 Å². The van der Waals surface area contributed by atoms with Gasteiger partial charge >= 0.3 is 0 Å². The van der Waals surface area contributed by atoms with Gasteiger partial charge < -0.3 is 0 Å². The van der Waals surface area contributed by atoms with Gasteiger partial charge in [-0.2, -0.15) is 5.10 Å². The highest BCUT2D eigenvalue weighted by Gasteiger charge is 2.67. The van der Waals surface area contributed by atoms with Crippen LogP contribution in [0.1, 0.15) is 39.3 Å². The maximum absolute atomic E-state index is 14.4. The van der Waals surface area contributed by atoms with Crippen LogP contribution in [-0.4, -0.2) is 28.8 Å². The molecular weight excluding hydrogens is 546 g/mol. The van der Waals surface area contributed by atoms with E-state index in [4.69, 9.17) is 0 Å². The van der Waals surface area contributed by atoms with Crippen LogP contribution in [0, 0.1) is 11.8 Å². The number of benzene rings is 5. The first-order valence-electron chi connectivity index (χ1n) is 15.0. The van der Waals surface area contributed by atoms with Gasteiger partial charge in [0.2, 0.25) is 17.7 Å². The highest BCUT2D eigenvalue weighted by Crippen LogP contribution is 2.63. The largest absolute Gasteiger partial charge is 0.278 e. The third-order valence-electron chi connectivity index (χ3n) is 9.65. The van der Waals surface area contributed by atoms with Gasteiger partial charge in [0.05, 0.1) is 30.2 Å². The summed E-state index contributed by atoms with van der Waals surface area (Å²) in [5, 5.41) is 6.66. The number of hydrogen-bond donors (Lipinski definition) is 1. The van der Waals surface area contributed by atoms with Crippen molar-refractivity contribution in [2.24, 2.45) is 16.9 Å². The Morgan fingerprint density at radius 3 is 2.14 bits per heavy atom. The first kappa shape index (κ1) is 26.3. The molecule has 44 heavy (non-hydrogen) atoms. The Bertz CT molecular complexity index is 1950. The lowest BCUT2D eigenvalue weighted by molar-refractivity contribution is -0.140. The summed E-state index contributed by atoms with van der Waals surface area (Å²) in [5.41, 5.74) is 7.54. The fourth-order valence-corrected chi connectivity index (χ4v) is 7.90. The maximum Gasteiger partial charge on any atom is 0.244 e. The summed E-state index contributed by atoms with van der Waals surface area (Å²) in [6.07, 6.45) is 1.88. The molecule has 2 atom stereocenters. The molecule has 6 heteroatoms. The molecule has 214 valence electrons. The molecule has 0 radical (unpaired) electrons. The van der Waals surface area contributed by atoms with Crippen molar-refractivity contribution in [1.29, 1.82) is 0 Å². The molecule has 2 bridgehead atoms. The maximum atomic E-state index is 14.4. The molecule has 9 rings (SSSR count). The predicted molar refractivity (Wildman–Crippen MR) is 169 cm³/mol. The molecule has 3 amide bonds. The van der Waals surface area contributed by atoms with Gasteiger partial charge in [-0.05, 0) is 44.2 Å². The number of carbonyl (C=O) groups excluding carboxylic acids is 3. The van der Waals surface area contributed by atoms with E-state index in [-0.39, 0.29) is 36.6 Å². The standard InChI is InChI=1S/C38H29N3O3/c42-32(21-26-15-10-14-25-13-4-5-16-27(25)26)40-39-23-38-30-19-8-6-17-28(30)33(29-18-7-9-20-31(29)38)34-35(38)37(44)41(36(34)43)22-24-11-2-1-3-12-24/h1-20,23,33-35H,21-22H2,(H,40,42)/b39-23-/t33?,34-,35-,38?/m0/s1. The number of rotatable bonds is 6. The molecule has 0 aromatic heterocycles. The van der Waals surface area contributed by atoms with Crippen LogP contribution < -0.4 is 5.43 Å². The molecule has 1 heterocycles. The lowest BCUT2D eigenvalue weighted by atomic mass is 9.47. The highest BCUT2D eigenvalue weighted by atomic mass is 16.2. The number of imide groups is 1. The van der Waals surface area contributed by atoms with Gasteiger partial charge in [0, 0.05) is 12.1 Å². The van der Waals surface area contributed by atoms with Crippen LogP contribution in [0.2, 0.25) is 0 Å². The van der Waals surface area contributed by atoms with E-state index in [9.17, 15) is 14.4 Å². The zero-order valence-electron chi connectivity index (χ0n) is 23.9. The molecule has 6 nitrogen and oxygen atoms in total. The number of hydrogen-bond acceptors (Lipinski definition) is 4. The van der Waals surface area contributed by atoms with Crippen LogP contribution in [0.3, 0.4) is 0 Å². The van der Waals surface area contributed by atoms with Crippen molar-refractivity contribution in [2.45, 2.75) is 24.3 Å². The molecule has 1 fully saturated rings. The van der Waals surface area contributed by atoms with E-state index < -0.39 is 17.3 Å². The van der Waals surface area contributed by atoms with Gasteiger partial charge in [-0.3, -0.25) is 19.3 Å². The van der Waals surface area contributed by atoms with Crippen molar-refractivity contribution >= 4 is 34.7 Å². The minimum absolute atomic E-state index is 0.157. The number of nitrogens with zero attached hydrogens (tertiary/aromatic N) is 2. The van der Waals surface area contributed by atoms with Gasteiger partial charge in [-0.15, -0.1) is 0 Å². The second-order valence-electron chi connectivity index (χ2n) is 11.9. The zero-order valence-corrected chi connectivity index (χ0v) is 23.9. The Labute approximate surface area is 255 Å². The Morgan fingerprint density at radius 1 is 0.750 bits per heavy atom. The molecule has 3 aliphatic carbocycles. The summed E-state index contributed by atoms with van der Waals surface area (Å²) in [5.74, 6) is -2.08. The fourth-order valence-electron chi connectivity index (χ4n) is 7.90. The minimum Gasteiger partial charge on any atom is -0.278 e. The molecule has 1 saturated heterocycles. The van der Waals surface area contributed by atoms with Crippen molar-refractivity contribution in [3.05, 3.63) is 155 Å². The summed E-state index contributed by atoms with van der Waals surface area (Å²) >= 11 is 0. The number of nitrogens with one attached hydrogen (secondary N) is 1. The number of carbonyl (C=O) groups is 3. The van der Waals surface area contributed by atoms with Gasteiger partial charge in [0.15, 0.2) is 0 Å². The lowest BCUT2D eigenvalue weighted by Gasteiger charge is -2.52. The zero-order chi connectivity index (χ0) is 29.8. The Hall–Kier alpha value is -5.36. The van der Waals surface area contributed by atoms with E-state index in [1.165, 1.54) is 4.90 Å². The van der Waals surface area contributed by atoms with E-state index in [2.05, 4.69) is 22.7 Å². The van der Waals surface area contributed by atoms with Gasteiger partial charge in [-0.1, -0.05) is 121 Å². The molecular formula is C38H29N3O3. The Balaban J connectivity index is 1.20.